The molecular weight excluding hydrogens is 242 g/mol. The summed E-state index contributed by atoms with van der Waals surface area (Å²) in [5.74, 6) is -1.37. The standard InChI is InChI=1S/C10H17N3O5/c1-18-5-2-7(9(15)16)12-10(17)13-4-3-11-8(14)6-13/h7H,2-6H2,1H3,(H,11,14)(H,12,17)(H,15,16). The lowest BCUT2D eigenvalue weighted by atomic mass is 10.2. The molecule has 0 spiro atoms. The molecule has 8 heteroatoms. The fourth-order valence-corrected chi connectivity index (χ4v) is 1.55. The summed E-state index contributed by atoms with van der Waals surface area (Å²) < 4.78 is 4.77. The van der Waals surface area contributed by atoms with Crippen molar-refractivity contribution in [3.63, 3.8) is 0 Å². The predicted molar refractivity (Wildman–Crippen MR) is 61.0 cm³/mol. The minimum atomic E-state index is -1.12. The number of hydrogen-bond acceptors (Lipinski definition) is 4. The van der Waals surface area contributed by atoms with Crippen LogP contribution in [0.2, 0.25) is 0 Å². The highest BCUT2D eigenvalue weighted by Gasteiger charge is 2.25. The third kappa shape index (κ3) is 4.21. The Labute approximate surface area is 104 Å². The first-order valence-corrected chi connectivity index (χ1v) is 5.58. The van der Waals surface area contributed by atoms with E-state index < -0.39 is 18.0 Å². The van der Waals surface area contributed by atoms with E-state index in [4.69, 9.17) is 9.84 Å². The van der Waals surface area contributed by atoms with Gasteiger partial charge in [-0.1, -0.05) is 0 Å². The zero-order chi connectivity index (χ0) is 13.5. The minimum Gasteiger partial charge on any atom is -0.480 e. The van der Waals surface area contributed by atoms with Gasteiger partial charge in [0.2, 0.25) is 5.91 Å². The summed E-state index contributed by atoms with van der Waals surface area (Å²) in [5.41, 5.74) is 0. The van der Waals surface area contributed by atoms with Gasteiger partial charge in [-0.2, -0.15) is 0 Å². The van der Waals surface area contributed by atoms with E-state index in [0.29, 0.717) is 13.1 Å². The van der Waals surface area contributed by atoms with Crippen LogP contribution in [0.4, 0.5) is 4.79 Å². The number of nitrogens with zero attached hydrogens (tertiary/aromatic N) is 1. The number of nitrogens with one attached hydrogen (secondary N) is 2. The number of urea groups is 1. The number of carbonyl (C=O) groups is 3. The second kappa shape index (κ2) is 6.80. The molecule has 1 unspecified atom stereocenters. The lowest BCUT2D eigenvalue weighted by Crippen LogP contribution is -2.55. The smallest absolute Gasteiger partial charge is 0.326 e. The number of carboxylic acids is 1. The first-order valence-electron chi connectivity index (χ1n) is 5.58. The Kier molecular flexibility index (Phi) is 5.37. The second-order valence-corrected chi connectivity index (χ2v) is 3.89. The van der Waals surface area contributed by atoms with Crippen molar-refractivity contribution in [2.24, 2.45) is 0 Å². The monoisotopic (exact) mass is 259 g/mol. The van der Waals surface area contributed by atoms with Gasteiger partial charge >= 0.3 is 12.0 Å². The maximum absolute atomic E-state index is 11.8. The quantitative estimate of drug-likeness (QED) is 0.564. The van der Waals surface area contributed by atoms with E-state index in [9.17, 15) is 14.4 Å². The highest BCUT2D eigenvalue weighted by molar-refractivity contribution is 5.87. The number of aliphatic carboxylic acids is 1. The number of carbonyl (C=O) groups excluding carboxylic acids is 2. The molecule has 1 rings (SSSR count). The van der Waals surface area contributed by atoms with Gasteiger partial charge in [0.15, 0.2) is 0 Å². The lowest BCUT2D eigenvalue weighted by Gasteiger charge is -2.28. The number of ether oxygens (including phenoxy) is 1. The lowest BCUT2D eigenvalue weighted by molar-refractivity contribution is -0.139. The average molecular weight is 259 g/mol. The van der Waals surface area contributed by atoms with Crippen LogP contribution < -0.4 is 10.6 Å². The van der Waals surface area contributed by atoms with Crippen LogP contribution in [0.5, 0.6) is 0 Å². The highest BCUT2D eigenvalue weighted by Crippen LogP contribution is 1.98. The summed E-state index contributed by atoms with van der Waals surface area (Å²) in [6, 6.07) is -1.56. The van der Waals surface area contributed by atoms with Crippen LogP contribution in [-0.2, 0) is 14.3 Å². The molecular formula is C10H17N3O5. The first kappa shape index (κ1) is 14.2. The number of hydrogen-bond donors (Lipinski definition) is 3. The van der Waals surface area contributed by atoms with Gasteiger partial charge in [-0.3, -0.25) is 4.79 Å². The number of piperazine rings is 1. The summed E-state index contributed by atoms with van der Waals surface area (Å²) in [5, 5.41) is 13.9. The summed E-state index contributed by atoms with van der Waals surface area (Å²) >= 11 is 0. The molecule has 102 valence electrons. The Bertz CT molecular complexity index is 333. The van der Waals surface area contributed by atoms with Crippen molar-refractivity contribution in [2.75, 3.05) is 33.4 Å². The summed E-state index contributed by atoms with van der Waals surface area (Å²) in [7, 11) is 1.45. The van der Waals surface area contributed by atoms with E-state index in [-0.39, 0.29) is 25.5 Å². The molecule has 1 saturated heterocycles. The summed E-state index contributed by atoms with van der Waals surface area (Å²) in [6.07, 6.45) is 0.178. The van der Waals surface area contributed by atoms with Crippen LogP contribution in [0.15, 0.2) is 0 Å². The zero-order valence-electron chi connectivity index (χ0n) is 10.1. The molecule has 1 heterocycles. The average Bonchev–Trinajstić information content (AvgIpc) is 2.33. The Morgan fingerprint density at radius 2 is 2.33 bits per heavy atom. The number of amides is 3. The van der Waals surface area contributed by atoms with E-state index in [2.05, 4.69) is 10.6 Å². The van der Waals surface area contributed by atoms with Crippen LogP contribution in [0.3, 0.4) is 0 Å². The van der Waals surface area contributed by atoms with E-state index in [0.717, 1.165) is 0 Å². The molecule has 0 aliphatic carbocycles. The third-order valence-electron chi connectivity index (χ3n) is 2.53. The maximum atomic E-state index is 11.8. The normalized spacial score (nSPS) is 16.9. The van der Waals surface area contributed by atoms with Gasteiger partial charge in [-0.15, -0.1) is 0 Å². The van der Waals surface area contributed by atoms with Crippen molar-refractivity contribution >= 4 is 17.9 Å². The minimum absolute atomic E-state index is 0.0531. The molecule has 0 bridgehead atoms. The van der Waals surface area contributed by atoms with Crippen molar-refractivity contribution < 1.29 is 24.2 Å². The van der Waals surface area contributed by atoms with Crippen LogP contribution in [-0.4, -0.2) is 67.3 Å². The zero-order valence-corrected chi connectivity index (χ0v) is 10.1. The molecule has 3 N–H and O–H groups in total. The number of rotatable bonds is 5. The van der Waals surface area contributed by atoms with Crippen molar-refractivity contribution in [2.45, 2.75) is 12.5 Å². The fourth-order valence-electron chi connectivity index (χ4n) is 1.55. The third-order valence-corrected chi connectivity index (χ3v) is 2.53. The molecule has 1 atom stereocenters. The molecule has 0 aromatic carbocycles. The van der Waals surface area contributed by atoms with E-state index >= 15 is 0 Å². The van der Waals surface area contributed by atoms with Gasteiger partial charge in [-0.05, 0) is 0 Å². The van der Waals surface area contributed by atoms with Crippen molar-refractivity contribution in [1.82, 2.24) is 15.5 Å². The van der Waals surface area contributed by atoms with Crippen molar-refractivity contribution in [3.05, 3.63) is 0 Å². The topological polar surface area (TPSA) is 108 Å². The molecule has 1 aliphatic heterocycles. The maximum Gasteiger partial charge on any atom is 0.326 e. The van der Waals surface area contributed by atoms with Gasteiger partial charge < -0.3 is 25.4 Å². The number of methoxy groups -OCH3 is 1. The molecule has 8 nitrogen and oxygen atoms in total. The first-order chi connectivity index (χ1) is 8.54. The van der Waals surface area contributed by atoms with Gasteiger partial charge in [0.25, 0.3) is 0 Å². The van der Waals surface area contributed by atoms with Crippen molar-refractivity contribution in [3.8, 4) is 0 Å². The second-order valence-electron chi connectivity index (χ2n) is 3.89. The Morgan fingerprint density at radius 3 is 2.89 bits per heavy atom. The van der Waals surface area contributed by atoms with Crippen LogP contribution in [0, 0.1) is 0 Å². The molecule has 0 saturated carbocycles. The van der Waals surface area contributed by atoms with Gasteiger partial charge in [-0.25, -0.2) is 9.59 Å². The van der Waals surface area contributed by atoms with Gasteiger partial charge in [0.1, 0.15) is 12.6 Å². The predicted octanol–water partition coefficient (Wildman–Crippen LogP) is -1.38. The molecule has 0 radical (unpaired) electrons. The summed E-state index contributed by atoms with van der Waals surface area (Å²) in [4.78, 5) is 35.1. The largest absolute Gasteiger partial charge is 0.480 e. The Hall–Kier alpha value is -1.83. The highest BCUT2D eigenvalue weighted by atomic mass is 16.5. The molecule has 0 aromatic heterocycles. The number of carboxylic acid groups (broad SMARTS) is 1. The molecule has 18 heavy (non-hydrogen) atoms. The van der Waals surface area contributed by atoms with Crippen molar-refractivity contribution in [1.29, 1.82) is 0 Å². The van der Waals surface area contributed by atoms with Gasteiger partial charge in [0.05, 0.1) is 0 Å². The van der Waals surface area contributed by atoms with Crippen LogP contribution in [0.1, 0.15) is 6.42 Å². The van der Waals surface area contributed by atoms with E-state index in [1.165, 1.54) is 12.0 Å². The Balaban J connectivity index is 2.49. The van der Waals surface area contributed by atoms with E-state index in [1.807, 2.05) is 0 Å². The molecule has 0 aromatic rings. The van der Waals surface area contributed by atoms with Crippen LogP contribution in [0.25, 0.3) is 0 Å². The molecule has 1 fully saturated rings. The van der Waals surface area contributed by atoms with E-state index in [1.54, 1.807) is 0 Å². The molecule has 1 aliphatic rings. The fraction of sp³-hybridized carbons (Fsp3) is 0.700. The Morgan fingerprint density at radius 1 is 1.61 bits per heavy atom. The SMILES string of the molecule is COCCC(NC(=O)N1CCNC(=O)C1)C(=O)O. The van der Waals surface area contributed by atoms with Gasteiger partial charge in [0, 0.05) is 33.2 Å². The molecule has 3 amide bonds. The van der Waals surface area contributed by atoms with Crippen LogP contribution >= 0.6 is 0 Å². The summed E-state index contributed by atoms with van der Waals surface area (Å²) in [6.45, 7) is 0.927.